The van der Waals surface area contributed by atoms with Crippen LogP contribution in [0.5, 0.6) is 0 Å². The smallest absolute Gasteiger partial charge is 0.326 e. The molecule has 1 aromatic heterocycles. The molecule has 0 spiro atoms. The van der Waals surface area contributed by atoms with E-state index >= 15 is 0 Å². The molecule has 0 radical (unpaired) electrons. The van der Waals surface area contributed by atoms with Crippen molar-refractivity contribution < 1.29 is 28.3 Å². The molecule has 1 aliphatic carbocycles. The van der Waals surface area contributed by atoms with Gasteiger partial charge in [-0.2, -0.15) is 0 Å². The Balaban J connectivity index is 1.36. The lowest BCUT2D eigenvalue weighted by Gasteiger charge is -2.14. The van der Waals surface area contributed by atoms with Crippen molar-refractivity contribution in [2.24, 2.45) is 0 Å². The maximum atomic E-state index is 12.2. The molecule has 0 aliphatic heterocycles. The van der Waals surface area contributed by atoms with Crippen LogP contribution >= 0.6 is 0 Å². The van der Waals surface area contributed by atoms with E-state index in [1.165, 1.54) is 30.4 Å². The highest BCUT2D eigenvalue weighted by molar-refractivity contribution is 5.96. The third kappa shape index (κ3) is 5.69. The molecule has 3 N–H and O–H groups in total. The molecule has 0 saturated carbocycles. The Morgan fingerprint density at radius 3 is 2.63 bits per heavy atom. The summed E-state index contributed by atoms with van der Waals surface area (Å²) in [5.41, 5.74) is 3.17. The summed E-state index contributed by atoms with van der Waals surface area (Å²) in [6.07, 6.45) is 3.47. The number of benzene rings is 1. The fourth-order valence-electron chi connectivity index (χ4n) is 3.07. The van der Waals surface area contributed by atoms with Gasteiger partial charge in [0.15, 0.2) is 11.9 Å². The number of carbonyl (C=O) groups excluding carboxylic acids is 4. The van der Waals surface area contributed by atoms with Gasteiger partial charge in [-0.3, -0.25) is 19.2 Å². The summed E-state index contributed by atoms with van der Waals surface area (Å²) in [6, 6.07) is 8.77. The molecule has 0 saturated heterocycles. The molecule has 9 nitrogen and oxygen atoms in total. The van der Waals surface area contributed by atoms with Gasteiger partial charge in [-0.15, -0.1) is 0 Å². The Kier molecular flexibility index (Phi) is 6.84. The summed E-state index contributed by atoms with van der Waals surface area (Å²) in [4.78, 5) is 47.5. The lowest BCUT2D eigenvalue weighted by atomic mass is 10.1. The molecule has 9 heteroatoms. The number of aryl methyl sites for hydroxylation is 2. The third-order valence-corrected chi connectivity index (χ3v) is 4.63. The normalized spacial score (nSPS) is 13.1. The maximum absolute atomic E-state index is 12.2. The highest BCUT2D eigenvalue weighted by Gasteiger charge is 2.19. The van der Waals surface area contributed by atoms with Gasteiger partial charge in [-0.1, -0.05) is 6.07 Å². The lowest BCUT2D eigenvalue weighted by Crippen LogP contribution is -2.40. The van der Waals surface area contributed by atoms with Crippen LogP contribution in [0.1, 0.15) is 35.0 Å². The minimum atomic E-state index is -1.03. The van der Waals surface area contributed by atoms with Gasteiger partial charge in [0, 0.05) is 5.69 Å². The Hall–Kier alpha value is -3.62. The first kappa shape index (κ1) is 21.1. The van der Waals surface area contributed by atoms with Crippen molar-refractivity contribution in [2.75, 3.05) is 18.4 Å². The molecule has 3 rings (SSSR count). The molecule has 0 fully saturated rings. The van der Waals surface area contributed by atoms with Crippen molar-refractivity contribution in [1.82, 2.24) is 10.6 Å². The summed E-state index contributed by atoms with van der Waals surface area (Å²) in [5.74, 6) is -2.28. The van der Waals surface area contributed by atoms with E-state index in [0.717, 1.165) is 19.3 Å². The zero-order valence-corrected chi connectivity index (χ0v) is 16.5. The maximum Gasteiger partial charge on any atom is 0.326 e. The molecule has 1 aliphatic rings. The monoisotopic (exact) mass is 413 g/mol. The number of carbonyl (C=O) groups is 4. The van der Waals surface area contributed by atoms with Gasteiger partial charge in [0.25, 0.3) is 11.8 Å². The average molecular weight is 413 g/mol. The van der Waals surface area contributed by atoms with Gasteiger partial charge >= 0.3 is 5.97 Å². The van der Waals surface area contributed by atoms with Crippen LogP contribution in [0.15, 0.2) is 41.0 Å². The quantitative estimate of drug-likeness (QED) is 0.558. The van der Waals surface area contributed by atoms with Gasteiger partial charge in [-0.05, 0) is 61.6 Å². The highest BCUT2D eigenvalue weighted by Crippen LogP contribution is 2.25. The van der Waals surface area contributed by atoms with Crippen LogP contribution in [-0.4, -0.2) is 42.9 Å². The van der Waals surface area contributed by atoms with E-state index in [9.17, 15) is 19.2 Å². The van der Waals surface area contributed by atoms with E-state index in [1.54, 1.807) is 6.07 Å². The van der Waals surface area contributed by atoms with Crippen molar-refractivity contribution in [1.29, 1.82) is 0 Å². The first-order chi connectivity index (χ1) is 14.4. The van der Waals surface area contributed by atoms with Crippen LogP contribution in [0.2, 0.25) is 0 Å². The van der Waals surface area contributed by atoms with E-state index in [0.29, 0.717) is 5.69 Å². The zero-order chi connectivity index (χ0) is 21.5. The molecule has 1 heterocycles. The fourth-order valence-corrected chi connectivity index (χ4v) is 3.07. The SMILES string of the molecule is C[C@H](OC(=O)CNC(=O)CNC(=O)c1ccco1)C(=O)Nc1ccc2c(c1)CCC2. The first-order valence-electron chi connectivity index (χ1n) is 9.63. The molecule has 2 aromatic rings. The fraction of sp³-hybridized carbons (Fsp3) is 0.333. The van der Waals surface area contributed by atoms with Crippen LogP contribution in [0, 0.1) is 0 Å². The largest absolute Gasteiger partial charge is 0.459 e. The molecular formula is C21H23N3O6. The van der Waals surface area contributed by atoms with Crippen LogP contribution in [0.3, 0.4) is 0 Å². The average Bonchev–Trinajstić information content (AvgIpc) is 3.41. The molecule has 158 valence electrons. The number of furan rings is 1. The van der Waals surface area contributed by atoms with Gasteiger partial charge in [0.2, 0.25) is 5.91 Å². The van der Waals surface area contributed by atoms with Crippen molar-refractivity contribution >= 4 is 29.4 Å². The lowest BCUT2D eigenvalue weighted by molar-refractivity contribution is -0.152. The van der Waals surface area contributed by atoms with Gasteiger partial charge in [-0.25, -0.2) is 0 Å². The topological polar surface area (TPSA) is 127 Å². The summed E-state index contributed by atoms with van der Waals surface area (Å²) < 4.78 is 9.94. The summed E-state index contributed by atoms with van der Waals surface area (Å²) in [5, 5.41) is 7.39. The number of ether oxygens (including phenoxy) is 1. The second kappa shape index (κ2) is 9.73. The molecular weight excluding hydrogens is 390 g/mol. The number of fused-ring (bicyclic) bond motifs is 1. The molecule has 1 atom stereocenters. The first-order valence-corrected chi connectivity index (χ1v) is 9.63. The van der Waals surface area contributed by atoms with E-state index in [4.69, 9.17) is 9.15 Å². The highest BCUT2D eigenvalue weighted by atomic mass is 16.5. The van der Waals surface area contributed by atoms with Crippen LogP contribution < -0.4 is 16.0 Å². The van der Waals surface area contributed by atoms with E-state index in [2.05, 4.69) is 16.0 Å². The standard InChI is InChI=1S/C21H23N3O6/c1-13(20(27)24-16-8-7-14-4-2-5-15(14)10-16)30-19(26)12-22-18(25)11-23-21(28)17-6-3-9-29-17/h3,6-10,13H,2,4-5,11-12H2,1H3,(H,22,25)(H,23,28)(H,24,27)/t13-/m0/s1. The third-order valence-electron chi connectivity index (χ3n) is 4.63. The molecule has 3 amide bonds. The summed E-state index contributed by atoms with van der Waals surface area (Å²) >= 11 is 0. The van der Waals surface area contributed by atoms with Crippen LogP contribution in [0.25, 0.3) is 0 Å². The molecule has 0 unspecified atom stereocenters. The van der Waals surface area contributed by atoms with Crippen LogP contribution in [-0.2, 0) is 32.0 Å². The minimum absolute atomic E-state index is 0.0745. The Bertz CT molecular complexity index is 938. The molecule has 30 heavy (non-hydrogen) atoms. The Morgan fingerprint density at radius 1 is 1.07 bits per heavy atom. The van der Waals surface area contributed by atoms with E-state index in [-0.39, 0.29) is 12.3 Å². The van der Waals surface area contributed by atoms with E-state index < -0.39 is 36.3 Å². The summed E-state index contributed by atoms with van der Waals surface area (Å²) in [7, 11) is 0. The van der Waals surface area contributed by atoms with Crippen molar-refractivity contribution in [3.63, 3.8) is 0 Å². The number of amides is 3. The van der Waals surface area contributed by atoms with E-state index in [1.807, 2.05) is 18.2 Å². The van der Waals surface area contributed by atoms with Gasteiger partial charge in [0.1, 0.15) is 6.54 Å². The second-order valence-corrected chi connectivity index (χ2v) is 6.90. The predicted molar refractivity (Wildman–Crippen MR) is 107 cm³/mol. The number of nitrogens with one attached hydrogen (secondary N) is 3. The zero-order valence-electron chi connectivity index (χ0n) is 16.5. The minimum Gasteiger partial charge on any atom is -0.459 e. The Labute approximate surface area is 173 Å². The number of hydrogen-bond acceptors (Lipinski definition) is 6. The summed E-state index contributed by atoms with van der Waals surface area (Å²) in [6.45, 7) is 0.694. The number of anilines is 1. The Morgan fingerprint density at radius 2 is 1.87 bits per heavy atom. The molecule has 0 bridgehead atoms. The van der Waals surface area contributed by atoms with Crippen LogP contribution in [0.4, 0.5) is 5.69 Å². The second-order valence-electron chi connectivity index (χ2n) is 6.90. The van der Waals surface area contributed by atoms with Crippen molar-refractivity contribution in [2.45, 2.75) is 32.3 Å². The number of hydrogen-bond donors (Lipinski definition) is 3. The van der Waals surface area contributed by atoms with Crippen molar-refractivity contribution in [3.8, 4) is 0 Å². The number of esters is 1. The predicted octanol–water partition coefficient (Wildman–Crippen LogP) is 1.18. The van der Waals surface area contributed by atoms with Crippen molar-refractivity contribution in [3.05, 3.63) is 53.5 Å². The molecule has 1 aromatic carbocycles. The number of rotatable bonds is 8. The van der Waals surface area contributed by atoms with Gasteiger partial charge < -0.3 is 25.1 Å². The van der Waals surface area contributed by atoms with Gasteiger partial charge in [0.05, 0.1) is 12.8 Å².